The number of hydrogen-bond acceptors (Lipinski definition) is 5. The molecule has 0 radical (unpaired) electrons. The maximum Gasteiger partial charge on any atom is 0.252 e. The van der Waals surface area contributed by atoms with Crippen LogP contribution in [-0.4, -0.2) is 10.9 Å². The number of amides is 1. The van der Waals surface area contributed by atoms with Crippen LogP contribution in [0.15, 0.2) is 42.6 Å². The molecule has 19 heavy (non-hydrogen) atoms. The van der Waals surface area contributed by atoms with E-state index in [1.807, 2.05) is 0 Å². The molecule has 1 amide bonds. The summed E-state index contributed by atoms with van der Waals surface area (Å²) in [4.78, 5) is 15.2. The summed E-state index contributed by atoms with van der Waals surface area (Å²) in [5.41, 5.74) is 8.96. The number of ether oxygens (including phenoxy) is 1. The number of nitrogens with one attached hydrogen (secondary N) is 1. The molecule has 0 aliphatic heterocycles. The second-order valence-electron chi connectivity index (χ2n) is 3.84. The first-order chi connectivity index (χ1) is 9.20. The van der Waals surface area contributed by atoms with E-state index < -0.39 is 5.91 Å². The summed E-state index contributed by atoms with van der Waals surface area (Å²) >= 11 is 0. The van der Waals surface area contributed by atoms with Gasteiger partial charge in [-0.15, -0.1) is 0 Å². The fourth-order valence-corrected chi connectivity index (χ4v) is 1.60. The Bertz CT molecular complexity index is 586. The first-order valence-corrected chi connectivity index (χ1v) is 5.64. The van der Waals surface area contributed by atoms with E-state index >= 15 is 0 Å². The molecule has 1 aromatic heterocycles. The van der Waals surface area contributed by atoms with Gasteiger partial charge in [0.05, 0.1) is 5.56 Å². The largest absolute Gasteiger partial charge is 0.488 e. The second-order valence-corrected chi connectivity index (χ2v) is 3.84. The van der Waals surface area contributed by atoms with E-state index in [0.717, 1.165) is 5.56 Å². The highest BCUT2D eigenvalue weighted by atomic mass is 16.5. The van der Waals surface area contributed by atoms with Gasteiger partial charge in [-0.25, -0.2) is 10.8 Å². The first kappa shape index (κ1) is 12.8. The van der Waals surface area contributed by atoms with Crippen molar-refractivity contribution >= 4 is 11.7 Å². The molecule has 0 atom stereocenters. The van der Waals surface area contributed by atoms with Crippen molar-refractivity contribution in [2.24, 2.45) is 11.6 Å². The molecule has 1 aromatic carbocycles. The molecule has 0 aliphatic rings. The molecular weight excluding hydrogens is 244 g/mol. The Labute approximate surface area is 110 Å². The number of rotatable bonds is 5. The molecule has 6 heteroatoms. The summed E-state index contributed by atoms with van der Waals surface area (Å²) < 4.78 is 5.59. The SMILES string of the molecule is NNc1cc(COc2ccccc2C(N)=O)ccn1. The van der Waals surface area contributed by atoms with Crippen LogP contribution in [0.5, 0.6) is 5.75 Å². The number of aromatic nitrogens is 1. The number of nitrogens with zero attached hydrogens (tertiary/aromatic N) is 1. The number of benzene rings is 1. The van der Waals surface area contributed by atoms with Gasteiger partial charge in [0.1, 0.15) is 18.2 Å². The number of nitrogen functional groups attached to an aromatic ring is 1. The Hall–Kier alpha value is -2.60. The molecule has 0 bridgehead atoms. The Morgan fingerprint density at radius 3 is 2.84 bits per heavy atom. The average Bonchev–Trinajstić information content (AvgIpc) is 2.45. The van der Waals surface area contributed by atoms with Crippen molar-refractivity contribution in [3.8, 4) is 5.75 Å². The number of hydrogen-bond donors (Lipinski definition) is 3. The van der Waals surface area contributed by atoms with Crippen molar-refractivity contribution in [2.45, 2.75) is 6.61 Å². The molecule has 6 nitrogen and oxygen atoms in total. The van der Waals surface area contributed by atoms with Gasteiger partial charge in [0, 0.05) is 6.20 Å². The molecular formula is C13H14N4O2. The second kappa shape index (κ2) is 5.83. The molecule has 5 N–H and O–H groups in total. The Morgan fingerprint density at radius 2 is 2.11 bits per heavy atom. The number of para-hydroxylation sites is 1. The van der Waals surface area contributed by atoms with E-state index in [4.69, 9.17) is 16.3 Å². The summed E-state index contributed by atoms with van der Waals surface area (Å²) in [6.07, 6.45) is 1.62. The lowest BCUT2D eigenvalue weighted by molar-refractivity contribution is 0.0996. The Morgan fingerprint density at radius 1 is 1.32 bits per heavy atom. The van der Waals surface area contributed by atoms with Crippen molar-refractivity contribution in [3.05, 3.63) is 53.7 Å². The topological polar surface area (TPSA) is 103 Å². The Kier molecular flexibility index (Phi) is 3.94. The number of pyridine rings is 1. The number of carbonyl (C=O) groups is 1. The molecule has 1 heterocycles. The Balaban J connectivity index is 2.12. The fourth-order valence-electron chi connectivity index (χ4n) is 1.60. The van der Waals surface area contributed by atoms with E-state index in [-0.39, 0.29) is 0 Å². The van der Waals surface area contributed by atoms with Crippen LogP contribution in [0.1, 0.15) is 15.9 Å². The molecule has 0 fully saturated rings. The third-order valence-electron chi connectivity index (χ3n) is 2.52. The van der Waals surface area contributed by atoms with Gasteiger partial charge in [-0.1, -0.05) is 12.1 Å². The highest BCUT2D eigenvalue weighted by Crippen LogP contribution is 2.19. The minimum absolute atomic E-state index is 0.293. The molecule has 2 rings (SSSR count). The lowest BCUT2D eigenvalue weighted by Crippen LogP contribution is -2.13. The fraction of sp³-hybridized carbons (Fsp3) is 0.0769. The van der Waals surface area contributed by atoms with Gasteiger partial charge in [0.2, 0.25) is 0 Å². The van der Waals surface area contributed by atoms with Crippen LogP contribution in [-0.2, 0) is 6.61 Å². The van der Waals surface area contributed by atoms with E-state index in [1.54, 1.807) is 42.6 Å². The zero-order valence-electron chi connectivity index (χ0n) is 10.2. The van der Waals surface area contributed by atoms with Gasteiger partial charge in [-0.05, 0) is 29.8 Å². The molecule has 0 saturated carbocycles. The third-order valence-corrected chi connectivity index (χ3v) is 2.52. The van der Waals surface area contributed by atoms with Gasteiger partial charge in [0.15, 0.2) is 0 Å². The van der Waals surface area contributed by atoms with Crippen LogP contribution < -0.4 is 21.7 Å². The van der Waals surface area contributed by atoms with Crippen LogP contribution >= 0.6 is 0 Å². The zero-order valence-corrected chi connectivity index (χ0v) is 10.2. The minimum Gasteiger partial charge on any atom is -0.488 e. The summed E-state index contributed by atoms with van der Waals surface area (Å²) in [5.74, 6) is 5.75. The summed E-state index contributed by atoms with van der Waals surface area (Å²) in [5, 5.41) is 0. The zero-order chi connectivity index (χ0) is 13.7. The van der Waals surface area contributed by atoms with Crippen molar-refractivity contribution < 1.29 is 9.53 Å². The number of primary amides is 1. The highest BCUT2D eigenvalue weighted by Gasteiger charge is 2.08. The van der Waals surface area contributed by atoms with Gasteiger partial charge >= 0.3 is 0 Å². The number of anilines is 1. The van der Waals surface area contributed by atoms with E-state index in [9.17, 15) is 4.79 Å². The predicted molar refractivity (Wildman–Crippen MR) is 71.3 cm³/mol. The molecule has 0 spiro atoms. The van der Waals surface area contributed by atoms with Crippen LogP contribution in [0.25, 0.3) is 0 Å². The van der Waals surface area contributed by atoms with Crippen molar-refractivity contribution in [1.29, 1.82) is 0 Å². The number of hydrazine groups is 1. The smallest absolute Gasteiger partial charge is 0.252 e. The van der Waals surface area contributed by atoms with Crippen molar-refractivity contribution in [1.82, 2.24) is 4.98 Å². The van der Waals surface area contributed by atoms with E-state index in [1.165, 1.54) is 0 Å². The van der Waals surface area contributed by atoms with Gasteiger partial charge < -0.3 is 15.9 Å². The van der Waals surface area contributed by atoms with Gasteiger partial charge in [-0.2, -0.15) is 0 Å². The monoisotopic (exact) mass is 258 g/mol. The maximum absolute atomic E-state index is 11.2. The predicted octanol–water partition coefficient (Wildman–Crippen LogP) is 1.05. The molecule has 0 unspecified atom stereocenters. The minimum atomic E-state index is -0.519. The van der Waals surface area contributed by atoms with Crippen molar-refractivity contribution in [2.75, 3.05) is 5.43 Å². The van der Waals surface area contributed by atoms with Crippen LogP contribution in [0.4, 0.5) is 5.82 Å². The van der Waals surface area contributed by atoms with Crippen LogP contribution in [0.3, 0.4) is 0 Å². The lowest BCUT2D eigenvalue weighted by atomic mass is 10.2. The summed E-state index contributed by atoms with van der Waals surface area (Å²) in [6, 6.07) is 10.4. The summed E-state index contributed by atoms with van der Waals surface area (Å²) in [7, 11) is 0. The average molecular weight is 258 g/mol. The van der Waals surface area contributed by atoms with Gasteiger partial charge in [0.25, 0.3) is 5.91 Å². The molecule has 2 aromatic rings. The molecule has 0 aliphatic carbocycles. The molecule has 98 valence electrons. The number of nitrogens with two attached hydrogens (primary N) is 2. The lowest BCUT2D eigenvalue weighted by Gasteiger charge is -2.10. The highest BCUT2D eigenvalue weighted by molar-refractivity contribution is 5.95. The number of carbonyl (C=O) groups excluding carboxylic acids is 1. The summed E-state index contributed by atoms with van der Waals surface area (Å²) in [6.45, 7) is 0.293. The normalized spacial score (nSPS) is 9.95. The van der Waals surface area contributed by atoms with Crippen LogP contribution in [0, 0.1) is 0 Å². The molecule has 0 saturated heterocycles. The van der Waals surface area contributed by atoms with E-state index in [0.29, 0.717) is 23.7 Å². The van der Waals surface area contributed by atoms with E-state index in [2.05, 4.69) is 10.4 Å². The standard InChI is InChI=1S/C13H14N4O2/c14-13(18)10-3-1-2-4-11(10)19-8-9-5-6-16-12(7-9)17-15/h1-7H,8,15H2,(H2,14,18)(H,16,17). The third kappa shape index (κ3) is 3.20. The quantitative estimate of drug-likeness (QED) is 0.549. The maximum atomic E-state index is 11.2. The van der Waals surface area contributed by atoms with Crippen LogP contribution in [0.2, 0.25) is 0 Å². The first-order valence-electron chi connectivity index (χ1n) is 5.64. The van der Waals surface area contributed by atoms with Crippen molar-refractivity contribution in [3.63, 3.8) is 0 Å². The van der Waals surface area contributed by atoms with Gasteiger partial charge in [-0.3, -0.25) is 4.79 Å².